The van der Waals surface area contributed by atoms with Gasteiger partial charge in [0, 0.05) is 31.3 Å². The number of likely N-dealkylation sites (tertiary alicyclic amines) is 1. The Morgan fingerprint density at radius 2 is 2.48 bits per heavy atom. The van der Waals surface area contributed by atoms with E-state index in [9.17, 15) is 4.79 Å². The standard InChI is InChI=1S/C15H21N3O3/c1-2-21-13-12(4-3-7-16-13)17-14(19)18-8-5-15(10-18)6-9-20-11-15/h3-4,7H,2,5-6,8-11H2,1H3,(H,17,19)/t15-/m0/s1. The van der Waals surface area contributed by atoms with Crippen molar-refractivity contribution in [2.24, 2.45) is 5.41 Å². The van der Waals surface area contributed by atoms with Gasteiger partial charge >= 0.3 is 6.03 Å². The van der Waals surface area contributed by atoms with Crippen molar-refractivity contribution < 1.29 is 14.3 Å². The van der Waals surface area contributed by atoms with E-state index in [1.165, 1.54) is 0 Å². The van der Waals surface area contributed by atoms with Crippen LogP contribution < -0.4 is 10.1 Å². The Labute approximate surface area is 124 Å². The van der Waals surface area contributed by atoms with Crippen LogP contribution in [0.25, 0.3) is 0 Å². The summed E-state index contributed by atoms with van der Waals surface area (Å²) in [7, 11) is 0. The summed E-state index contributed by atoms with van der Waals surface area (Å²) in [5.41, 5.74) is 0.794. The van der Waals surface area contributed by atoms with Gasteiger partial charge in [0.2, 0.25) is 5.88 Å². The number of nitrogens with one attached hydrogen (secondary N) is 1. The second-order valence-corrected chi connectivity index (χ2v) is 5.69. The molecule has 0 aromatic carbocycles. The molecular weight excluding hydrogens is 270 g/mol. The summed E-state index contributed by atoms with van der Waals surface area (Å²) in [5, 5.41) is 2.90. The number of ether oxygens (including phenoxy) is 2. The van der Waals surface area contributed by atoms with Gasteiger partial charge in [0.25, 0.3) is 0 Å². The highest BCUT2D eigenvalue weighted by Gasteiger charge is 2.42. The average Bonchev–Trinajstić information content (AvgIpc) is 3.12. The van der Waals surface area contributed by atoms with Crippen molar-refractivity contribution in [1.29, 1.82) is 0 Å². The Morgan fingerprint density at radius 1 is 1.57 bits per heavy atom. The van der Waals surface area contributed by atoms with Gasteiger partial charge in [0.1, 0.15) is 5.69 Å². The first-order valence-corrected chi connectivity index (χ1v) is 7.44. The number of nitrogens with zero attached hydrogens (tertiary/aromatic N) is 2. The van der Waals surface area contributed by atoms with Crippen LogP contribution in [0.2, 0.25) is 0 Å². The van der Waals surface area contributed by atoms with Crippen molar-refractivity contribution in [3.8, 4) is 5.88 Å². The molecule has 2 aliphatic heterocycles. The summed E-state index contributed by atoms with van der Waals surface area (Å²) in [6, 6.07) is 3.50. The largest absolute Gasteiger partial charge is 0.476 e. The third kappa shape index (κ3) is 2.95. The molecule has 3 rings (SSSR count). The minimum Gasteiger partial charge on any atom is -0.476 e. The van der Waals surface area contributed by atoms with E-state index in [0.29, 0.717) is 18.2 Å². The highest BCUT2D eigenvalue weighted by atomic mass is 16.5. The van der Waals surface area contributed by atoms with E-state index in [1.807, 2.05) is 11.8 Å². The first-order valence-electron chi connectivity index (χ1n) is 7.44. The molecule has 0 bridgehead atoms. The molecule has 21 heavy (non-hydrogen) atoms. The first kappa shape index (κ1) is 14.1. The SMILES string of the molecule is CCOc1ncccc1NC(=O)N1CC[C@]2(CCOC2)C1. The number of anilines is 1. The van der Waals surface area contributed by atoms with Gasteiger partial charge in [0.05, 0.1) is 13.2 Å². The number of hydrogen-bond acceptors (Lipinski definition) is 4. The maximum absolute atomic E-state index is 12.4. The zero-order valence-corrected chi connectivity index (χ0v) is 12.3. The third-order valence-electron chi connectivity index (χ3n) is 4.20. The van der Waals surface area contributed by atoms with Crippen molar-refractivity contribution in [2.75, 3.05) is 38.2 Å². The van der Waals surface area contributed by atoms with Gasteiger partial charge in [-0.05, 0) is 31.9 Å². The molecular formula is C15H21N3O3. The Hall–Kier alpha value is -1.82. The normalized spacial score (nSPS) is 24.5. The van der Waals surface area contributed by atoms with E-state index < -0.39 is 0 Å². The predicted octanol–water partition coefficient (Wildman–Crippen LogP) is 2.12. The van der Waals surface area contributed by atoms with Gasteiger partial charge in [-0.2, -0.15) is 0 Å². The zero-order valence-electron chi connectivity index (χ0n) is 12.3. The summed E-state index contributed by atoms with van der Waals surface area (Å²) < 4.78 is 10.9. The number of amides is 2. The number of pyridine rings is 1. The number of carbonyl (C=O) groups is 1. The fraction of sp³-hybridized carbons (Fsp3) is 0.600. The first-order chi connectivity index (χ1) is 10.2. The van der Waals surface area contributed by atoms with E-state index in [0.717, 1.165) is 39.1 Å². The van der Waals surface area contributed by atoms with Crippen molar-refractivity contribution in [1.82, 2.24) is 9.88 Å². The van der Waals surface area contributed by atoms with Crippen molar-refractivity contribution in [2.45, 2.75) is 19.8 Å². The molecule has 0 saturated carbocycles. The number of aromatic nitrogens is 1. The van der Waals surface area contributed by atoms with Crippen molar-refractivity contribution in [3.05, 3.63) is 18.3 Å². The molecule has 0 unspecified atom stereocenters. The fourth-order valence-corrected chi connectivity index (χ4v) is 3.01. The lowest BCUT2D eigenvalue weighted by atomic mass is 9.87. The van der Waals surface area contributed by atoms with Crippen LogP contribution in [0.1, 0.15) is 19.8 Å². The summed E-state index contributed by atoms with van der Waals surface area (Å²) in [5.74, 6) is 0.464. The minimum absolute atomic E-state index is 0.0901. The van der Waals surface area contributed by atoms with E-state index in [4.69, 9.17) is 9.47 Å². The molecule has 2 aliphatic rings. The molecule has 0 radical (unpaired) electrons. The molecule has 1 aromatic rings. The van der Waals surface area contributed by atoms with Gasteiger partial charge in [-0.15, -0.1) is 0 Å². The van der Waals surface area contributed by atoms with E-state index in [-0.39, 0.29) is 11.4 Å². The Bertz CT molecular complexity index is 515. The van der Waals surface area contributed by atoms with Crippen molar-refractivity contribution in [3.63, 3.8) is 0 Å². The molecule has 1 N–H and O–H groups in total. The van der Waals surface area contributed by atoms with Crippen LogP contribution in [0.4, 0.5) is 10.5 Å². The van der Waals surface area contributed by atoms with Crippen LogP contribution in [0.3, 0.4) is 0 Å². The Morgan fingerprint density at radius 3 is 3.24 bits per heavy atom. The lowest BCUT2D eigenvalue weighted by Gasteiger charge is -2.22. The maximum Gasteiger partial charge on any atom is 0.322 e. The highest BCUT2D eigenvalue weighted by molar-refractivity contribution is 5.90. The maximum atomic E-state index is 12.4. The summed E-state index contributed by atoms with van der Waals surface area (Å²) in [6.45, 7) is 5.54. The second-order valence-electron chi connectivity index (χ2n) is 5.69. The predicted molar refractivity (Wildman–Crippen MR) is 78.5 cm³/mol. The number of carbonyl (C=O) groups excluding carboxylic acids is 1. The molecule has 6 nitrogen and oxygen atoms in total. The van der Waals surface area contributed by atoms with E-state index in [1.54, 1.807) is 18.3 Å². The highest BCUT2D eigenvalue weighted by Crippen LogP contribution is 2.38. The average molecular weight is 291 g/mol. The number of rotatable bonds is 3. The summed E-state index contributed by atoms with van der Waals surface area (Å²) >= 11 is 0. The topological polar surface area (TPSA) is 63.7 Å². The summed E-state index contributed by atoms with van der Waals surface area (Å²) in [4.78, 5) is 18.4. The summed E-state index contributed by atoms with van der Waals surface area (Å²) in [6.07, 6.45) is 3.72. The number of hydrogen-bond donors (Lipinski definition) is 1. The molecule has 3 heterocycles. The van der Waals surface area contributed by atoms with E-state index >= 15 is 0 Å². The Balaban J connectivity index is 1.64. The molecule has 1 atom stereocenters. The van der Waals surface area contributed by atoms with Crippen LogP contribution >= 0.6 is 0 Å². The molecule has 2 fully saturated rings. The quantitative estimate of drug-likeness (QED) is 0.926. The van der Waals surface area contributed by atoms with Crippen molar-refractivity contribution >= 4 is 11.7 Å². The van der Waals surface area contributed by atoms with Crippen LogP contribution in [0, 0.1) is 5.41 Å². The number of urea groups is 1. The fourth-order valence-electron chi connectivity index (χ4n) is 3.01. The van der Waals surface area contributed by atoms with E-state index in [2.05, 4.69) is 10.3 Å². The molecule has 114 valence electrons. The minimum atomic E-state index is -0.0901. The molecule has 2 amide bonds. The second kappa shape index (κ2) is 5.89. The van der Waals surface area contributed by atoms with Crippen LogP contribution in [0.5, 0.6) is 5.88 Å². The Kier molecular flexibility index (Phi) is 3.96. The van der Waals surface area contributed by atoms with Crippen LogP contribution in [0.15, 0.2) is 18.3 Å². The van der Waals surface area contributed by atoms with Gasteiger partial charge < -0.3 is 19.7 Å². The van der Waals surface area contributed by atoms with Gasteiger partial charge in [-0.25, -0.2) is 9.78 Å². The molecule has 2 saturated heterocycles. The lowest BCUT2D eigenvalue weighted by Crippen LogP contribution is -2.35. The van der Waals surface area contributed by atoms with Crippen LogP contribution in [-0.2, 0) is 4.74 Å². The third-order valence-corrected chi connectivity index (χ3v) is 4.20. The lowest BCUT2D eigenvalue weighted by molar-refractivity contribution is 0.154. The van der Waals surface area contributed by atoms with Gasteiger partial charge in [-0.3, -0.25) is 0 Å². The molecule has 1 aromatic heterocycles. The smallest absolute Gasteiger partial charge is 0.322 e. The molecule has 1 spiro atoms. The zero-order chi connectivity index (χ0) is 14.7. The molecule has 0 aliphatic carbocycles. The van der Waals surface area contributed by atoms with Crippen LogP contribution in [-0.4, -0.2) is 48.8 Å². The monoisotopic (exact) mass is 291 g/mol. The van der Waals surface area contributed by atoms with Gasteiger partial charge in [-0.1, -0.05) is 0 Å². The molecule has 6 heteroatoms. The van der Waals surface area contributed by atoms with Gasteiger partial charge in [0.15, 0.2) is 0 Å².